The summed E-state index contributed by atoms with van der Waals surface area (Å²) in [6.45, 7) is 3.02. The van der Waals surface area contributed by atoms with E-state index in [9.17, 15) is 4.79 Å². The second kappa shape index (κ2) is 9.81. The Morgan fingerprint density at radius 1 is 1.78 bits per heavy atom. The Balaban J connectivity index is 0. The van der Waals surface area contributed by atoms with Crippen molar-refractivity contribution in [2.75, 3.05) is 0 Å². The highest BCUT2D eigenvalue weighted by atomic mass is 17.1. The highest BCUT2D eigenvalue weighted by molar-refractivity contribution is 5.84. The van der Waals surface area contributed by atoms with Crippen molar-refractivity contribution >= 4 is 12.4 Å². The fraction of sp³-hybridized carbons (Fsp3) is 0. The first-order chi connectivity index (χ1) is 4.18. The third-order valence-electron chi connectivity index (χ3n) is 0.244. The van der Waals surface area contributed by atoms with Crippen molar-refractivity contribution in [1.29, 1.82) is 0 Å². The minimum Gasteiger partial charge on any atom is -0.366 e. The van der Waals surface area contributed by atoms with E-state index in [4.69, 9.17) is 10.1 Å². The van der Waals surface area contributed by atoms with Gasteiger partial charge in [0.15, 0.2) is 0 Å². The fourth-order valence-electron chi connectivity index (χ4n) is 0. The molecule has 5 nitrogen and oxygen atoms in total. The molecule has 0 saturated heterocycles. The van der Waals surface area contributed by atoms with Crippen LogP contribution in [0.4, 0.5) is 0 Å². The molecule has 0 aromatic heterocycles. The standard InChI is InChI=1S/C3H5NO.CH2O3/c1-2-3(4)5;2-1-4-3/h2H,1H2,(H2,4,5);1,3H. The molecule has 9 heavy (non-hydrogen) atoms. The number of hydrogen-bond donors (Lipinski definition) is 2. The molecule has 5 heteroatoms. The second-order valence-corrected chi connectivity index (χ2v) is 0.808. The average molecular weight is 133 g/mol. The number of amides is 1. The van der Waals surface area contributed by atoms with Gasteiger partial charge in [-0.05, 0) is 6.08 Å². The maximum atomic E-state index is 9.47. The molecule has 0 aromatic rings. The quantitative estimate of drug-likeness (QED) is 0.225. The molecule has 52 valence electrons. The van der Waals surface area contributed by atoms with E-state index in [0.29, 0.717) is 0 Å². The molecule has 0 aromatic carbocycles. The van der Waals surface area contributed by atoms with E-state index in [1.165, 1.54) is 0 Å². The molecule has 0 bridgehead atoms. The Kier molecular flexibility index (Phi) is 11.5. The van der Waals surface area contributed by atoms with Gasteiger partial charge in [0.2, 0.25) is 5.91 Å². The third-order valence-corrected chi connectivity index (χ3v) is 0.244. The third kappa shape index (κ3) is 53.2. The van der Waals surface area contributed by atoms with Gasteiger partial charge in [0.25, 0.3) is 0 Å². The molecule has 0 rings (SSSR count). The minimum atomic E-state index is -0.481. The van der Waals surface area contributed by atoms with E-state index in [-0.39, 0.29) is 6.47 Å². The number of carbonyl (C=O) groups is 2. The molecule has 0 radical (unpaired) electrons. The monoisotopic (exact) mass is 133 g/mol. The largest absolute Gasteiger partial charge is 0.366 e. The van der Waals surface area contributed by atoms with E-state index in [2.05, 4.69) is 17.2 Å². The van der Waals surface area contributed by atoms with Crippen LogP contribution in [0.25, 0.3) is 0 Å². The maximum absolute atomic E-state index is 9.47. The Labute approximate surface area is 51.7 Å². The summed E-state index contributed by atoms with van der Waals surface area (Å²) in [5, 5.41) is 7.01. The summed E-state index contributed by atoms with van der Waals surface area (Å²) in [4.78, 5) is 21.0. The topological polar surface area (TPSA) is 89.6 Å². The molecule has 0 aliphatic rings. The van der Waals surface area contributed by atoms with Gasteiger partial charge in [-0.1, -0.05) is 6.58 Å². The summed E-state index contributed by atoms with van der Waals surface area (Å²) in [6, 6.07) is 0. The summed E-state index contributed by atoms with van der Waals surface area (Å²) >= 11 is 0. The summed E-state index contributed by atoms with van der Waals surface area (Å²) in [5.41, 5.74) is 4.53. The number of primary amides is 1. The van der Waals surface area contributed by atoms with Crippen LogP contribution in [0.15, 0.2) is 12.7 Å². The Morgan fingerprint density at radius 3 is 2.00 bits per heavy atom. The van der Waals surface area contributed by atoms with E-state index in [1.54, 1.807) is 0 Å². The number of hydrogen-bond acceptors (Lipinski definition) is 4. The van der Waals surface area contributed by atoms with Crippen LogP contribution in [0.2, 0.25) is 0 Å². The van der Waals surface area contributed by atoms with E-state index >= 15 is 0 Å². The predicted octanol–water partition coefficient (Wildman–Crippen LogP) is -0.710. The van der Waals surface area contributed by atoms with Crippen LogP contribution >= 0.6 is 0 Å². The fourth-order valence-corrected chi connectivity index (χ4v) is 0. The zero-order valence-corrected chi connectivity index (χ0v) is 4.61. The Hall–Kier alpha value is -1.36. The first-order valence-corrected chi connectivity index (χ1v) is 1.84. The van der Waals surface area contributed by atoms with Gasteiger partial charge in [-0.25, -0.2) is 5.26 Å². The summed E-state index contributed by atoms with van der Waals surface area (Å²) in [6.07, 6.45) is 1.06. The highest BCUT2D eigenvalue weighted by Gasteiger charge is 1.69. The van der Waals surface area contributed by atoms with E-state index < -0.39 is 5.91 Å². The lowest BCUT2D eigenvalue weighted by atomic mass is 10.6. The van der Waals surface area contributed by atoms with Crippen molar-refractivity contribution in [2.24, 2.45) is 5.73 Å². The van der Waals surface area contributed by atoms with Gasteiger partial charge in [-0.15, -0.1) is 0 Å². The molecule has 0 saturated carbocycles. The van der Waals surface area contributed by atoms with Crippen LogP contribution in [0.3, 0.4) is 0 Å². The normalized spacial score (nSPS) is 5.89. The molecule has 1 amide bonds. The number of carbonyl (C=O) groups excluding carboxylic acids is 2. The highest BCUT2D eigenvalue weighted by Crippen LogP contribution is 1.48. The van der Waals surface area contributed by atoms with Crippen molar-refractivity contribution in [3.8, 4) is 0 Å². The summed E-state index contributed by atoms with van der Waals surface area (Å²) in [7, 11) is 0. The molecule has 0 aliphatic heterocycles. The molecular formula is C4H7NO4. The van der Waals surface area contributed by atoms with Crippen LogP contribution in [-0.4, -0.2) is 17.6 Å². The SMILES string of the molecule is C=CC(N)=O.O=COO. The van der Waals surface area contributed by atoms with Crippen molar-refractivity contribution in [3.05, 3.63) is 12.7 Å². The zero-order valence-electron chi connectivity index (χ0n) is 4.61. The average Bonchev–Trinajstić information content (AvgIpc) is 1.89. The van der Waals surface area contributed by atoms with Gasteiger partial charge in [-0.2, -0.15) is 0 Å². The lowest BCUT2D eigenvalue weighted by Crippen LogP contribution is -2.04. The van der Waals surface area contributed by atoms with Gasteiger partial charge in [0.05, 0.1) is 0 Å². The van der Waals surface area contributed by atoms with E-state index in [0.717, 1.165) is 6.08 Å². The smallest absolute Gasteiger partial charge is 0.330 e. The van der Waals surface area contributed by atoms with Gasteiger partial charge in [0.1, 0.15) is 0 Å². The number of rotatable bonds is 2. The Morgan fingerprint density at radius 2 is 2.00 bits per heavy atom. The molecule has 3 N–H and O–H groups in total. The lowest BCUT2D eigenvalue weighted by Gasteiger charge is -1.65. The van der Waals surface area contributed by atoms with Crippen LogP contribution in [0.5, 0.6) is 0 Å². The molecule has 0 atom stereocenters. The molecule has 0 heterocycles. The number of nitrogens with two attached hydrogens (primary N) is 1. The van der Waals surface area contributed by atoms with Crippen LogP contribution < -0.4 is 5.73 Å². The van der Waals surface area contributed by atoms with Crippen molar-refractivity contribution in [1.82, 2.24) is 0 Å². The molecule has 0 spiro atoms. The van der Waals surface area contributed by atoms with E-state index in [1.807, 2.05) is 0 Å². The summed E-state index contributed by atoms with van der Waals surface area (Å²) < 4.78 is 0. The van der Waals surface area contributed by atoms with Gasteiger partial charge >= 0.3 is 6.47 Å². The second-order valence-electron chi connectivity index (χ2n) is 0.808. The first kappa shape index (κ1) is 10.6. The van der Waals surface area contributed by atoms with Crippen molar-refractivity contribution in [2.45, 2.75) is 0 Å². The molecule has 0 fully saturated rings. The van der Waals surface area contributed by atoms with Gasteiger partial charge < -0.3 is 10.6 Å². The molecule has 0 aliphatic carbocycles. The van der Waals surface area contributed by atoms with Crippen LogP contribution in [0.1, 0.15) is 0 Å². The lowest BCUT2D eigenvalue weighted by molar-refractivity contribution is -0.217. The molecular weight excluding hydrogens is 126 g/mol. The van der Waals surface area contributed by atoms with Gasteiger partial charge in [0, 0.05) is 0 Å². The summed E-state index contributed by atoms with van der Waals surface area (Å²) in [5.74, 6) is -0.481. The molecule has 0 unspecified atom stereocenters. The predicted molar refractivity (Wildman–Crippen MR) is 29.2 cm³/mol. The maximum Gasteiger partial charge on any atom is 0.330 e. The van der Waals surface area contributed by atoms with Crippen LogP contribution in [-0.2, 0) is 14.5 Å². The minimum absolute atomic E-state index is 0.0694. The first-order valence-electron chi connectivity index (χ1n) is 1.84. The van der Waals surface area contributed by atoms with Crippen molar-refractivity contribution < 1.29 is 19.7 Å². The zero-order chi connectivity index (χ0) is 7.70. The van der Waals surface area contributed by atoms with Crippen LogP contribution in [0, 0.1) is 0 Å². The van der Waals surface area contributed by atoms with Crippen molar-refractivity contribution in [3.63, 3.8) is 0 Å². The Bertz CT molecular complexity index is 101. The van der Waals surface area contributed by atoms with Gasteiger partial charge in [-0.3, -0.25) is 9.59 Å².